The van der Waals surface area contributed by atoms with Crippen LogP contribution in [0.5, 0.6) is 0 Å². The largest absolute Gasteiger partial charge is 0.299 e. The Kier molecular flexibility index (Phi) is 4.99. The molecule has 0 saturated carbocycles. The van der Waals surface area contributed by atoms with E-state index >= 15 is 0 Å². The standard InChI is InChI=1S/C20H23N3/c21-19(17-7-3-1-4-8-17)20(22)18-11-9-16(10-12-18)15-23-13-5-2-6-14-23/h1,3-4,7-12,21-22H,2,5-6,13-15H2. The number of likely N-dealkylation sites (tertiary alicyclic amines) is 1. The molecule has 118 valence electrons. The molecule has 3 nitrogen and oxygen atoms in total. The summed E-state index contributed by atoms with van der Waals surface area (Å²) in [5.41, 5.74) is 3.43. The number of rotatable bonds is 5. The summed E-state index contributed by atoms with van der Waals surface area (Å²) in [6, 6.07) is 17.6. The van der Waals surface area contributed by atoms with Gasteiger partial charge in [0.1, 0.15) is 0 Å². The van der Waals surface area contributed by atoms with Crippen LogP contribution in [0.3, 0.4) is 0 Å². The lowest BCUT2D eigenvalue weighted by Gasteiger charge is -2.26. The first kappa shape index (κ1) is 15.6. The Balaban J connectivity index is 1.66. The molecule has 1 heterocycles. The number of hydrogen-bond donors (Lipinski definition) is 2. The lowest BCUT2D eigenvalue weighted by atomic mass is 9.99. The molecule has 2 aromatic carbocycles. The van der Waals surface area contributed by atoms with Gasteiger partial charge < -0.3 is 0 Å². The van der Waals surface area contributed by atoms with Crippen molar-refractivity contribution in [2.24, 2.45) is 0 Å². The van der Waals surface area contributed by atoms with Gasteiger partial charge in [-0.2, -0.15) is 0 Å². The number of nitrogens with zero attached hydrogens (tertiary/aromatic N) is 1. The molecule has 3 rings (SSSR count). The van der Waals surface area contributed by atoms with Crippen molar-refractivity contribution in [1.29, 1.82) is 10.8 Å². The monoisotopic (exact) mass is 305 g/mol. The van der Waals surface area contributed by atoms with Gasteiger partial charge in [-0.25, -0.2) is 0 Å². The highest BCUT2D eigenvalue weighted by molar-refractivity contribution is 6.51. The first-order chi connectivity index (χ1) is 11.2. The second-order valence-corrected chi connectivity index (χ2v) is 6.15. The van der Waals surface area contributed by atoms with Gasteiger partial charge in [-0.3, -0.25) is 15.7 Å². The van der Waals surface area contributed by atoms with E-state index in [4.69, 9.17) is 10.8 Å². The van der Waals surface area contributed by atoms with Crippen molar-refractivity contribution in [2.75, 3.05) is 13.1 Å². The fraction of sp³-hybridized carbons (Fsp3) is 0.300. The van der Waals surface area contributed by atoms with E-state index in [1.807, 2.05) is 42.5 Å². The molecule has 0 spiro atoms. The van der Waals surface area contributed by atoms with Crippen LogP contribution in [0.4, 0.5) is 0 Å². The topological polar surface area (TPSA) is 50.9 Å². The molecule has 3 heteroatoms. The summed E-state index contributed by atoms with van der Waals surface area (Å²) in [7, 11) is 0. The van der Waals surface area contributed by atoms with Gasteiger partial charge in [-0.15, -0.1) is 0 Å². The smallest absolute Gasteiger partial charge is 0.0867 e. The zero-order chi connectivity index (χ0) is 16.1. The molecule has 1 fully saturated rings. The molecular formula is C20H23N3. The molecule has 2 N–H and O–H groups in total. The van der Waals surface area contributed by atoms with Crippen LogP contribution in [0, 0.1) is 10.8 Å². The molecule has 1 aliphatic heterocycles. The summed E-state index contributed by atoms with van der Waals surface area (Å²) >= 11 is 0. The van der Waals surface area contributed by atoms with Gasteiger partial charge >= 0.3 is 0 Å². The Labute approximate surface area is 138 Å². The SMILES string of the molecule is N=C(C(=N)c1ccc(CN2CCCCC2)cc1)c1ccccc1. The summed E-state index contributed by atoms with van der Waals surface area (Å²) in [4.78, 5) is 2.50. The molecule has 0 aliphatic carbocycles. The minimum absolute atomic E-state index is 0.273. The number of piperidine rings is 1. The minimum Gasteiger partial charge on any atom is -0.299 e. The van der Waals surface area contributed by atoms with Gasteiger partial charge in [0.2, 0.25) is 0 Å². The molecule has 1 aliphatic rings. The van der Waals surface area contributed by atoms with E-state index in [1.165, 1.54) is 37.9 Å². The Hall–Kier alpha value is -2.26. The van der Waals surface area contributed by atoms with Crippen LogP contribution in [-0.4, -0.2) is 29.4 Å². The Morgan fingerprint density at radius 2 is 1.30 bits per heavy atom. The van der Waals surface area contributed by atoms with E-state index in [-0.39, 0.29) is 11.4 Å². The zero-order valence-corrected chi connectivity index (χ0v) is 13.4. The van der Waals surface area contributed by atoms with Crippen LogP contribution < -0.4 is 0 Å². The molecule has 2 aromatic rings. The van der Waals surface area contributed by atoms with Crippen LogP contribution in [0.2, 0.25) is 0 Å². The molecule has 0 radical (unpaired) electrons. The average molecular weight is 305 g/mol. The number of nitrogens with one attached hydrogen (secondary N) is 2. The van der Waals surface area contributed by atoms with E-state index in [0.29, 0.717) is 0 Å². The maximum atomic E-state index is 8.26. The van der Waals surface area contributed by atoms with Crippen molar-refractivity contribution < 1.29 is 0 Å². The molecular weight excluding hydrogens is 282 g/mol. The summed E-state index contributed by atoms with van der Waals surface area (Å²) in [6.45, 7) is 3.37. The Morgan fingerprint density at radius 1 is 0.739 bits per heavy atom. The van der Waals surface area contributed by atoms with Gasteiger partial charge in [0.15, 0.2) is 0 Å². The molecule has 23 heavy (non-hydrogen) atoms. The summed E-state index contributed by atoms with van der Waals surface area (Å²) in [5, 5.41) is 16.5. The molecule has 0 unspecified atom stereocenters. The average Bonchev–Trinajstić information content (AvgIpc) is 2.63. The van der Waals surface area contributed by atoms with Crippen LogP contribution in [-0.2, 0) is 6.54 Å². The highest BCUT2D eigenvalue weighted by Crippen LogP contribution is 2.14. The fourth-order valence-corrected chi connectivity index (χ4v) is 3.05. The first-order valence-electron chi connectivity index (χ1n) is 8.28. The Bertz CT molecular complexity index is 668. The van der Waals surface area contributed by atoms with E-state index in [2.05, 4.69) is 17.0 Å². The second-order valence-electron chi connectivity index (χ2n) is 6.15. The lowest BCUT2D eigenvalue weighted by Crippen LogP contribution is -2.29. The van der Waals surface area contributed by atoms with Crippen molar-refractivity contribution in [1.82, 2.24) is 4.90 Å². The fourth-order valence-electron chi connectivity index (χ4n) is 3.05. The van der Waals surface area contributed by atoms with E-state index < -0.39 is 0 Å². The van der Waals surface area contributed by atoms with Crippen LogP contribution >= 0.6 is 0 Å². The van der Waals surface area contributed by atoms with Crippen LogP contribution in [0.25, 0.3) is 0 Å². The Morgan fingerprint density at radius 3 is 1.91 bits per heavy atom. The first-order valence-corrected chi connectivity index (χ1v) is 8.28. The van der Waals surface area contributed by atoms with Gasteiger partial charge in [-0.1, -0.05) is 61.0 Å². The summed E-state index contributed by atoms with van der Waals surface area (Å²) in [6.07, 6.45) is 3.96. The quantitative estimate of drug-likeness (QED) is 0.803. The van der Waals surface area contributed by atoms with Gasteiger partial charge in [-0.05, 0) is 31.5 Å². The summed E-state index contributed by atoms with van der Waals surface area (Å²) < 4.78 is 0. The van der Waals surface area contributed by atoms with Gasteiger partial charge in [0, 0.05) is 17.7 Å². The highest BCUT2D eigenvalue weighted by Gasteiger charge is 2.12. The lowest BCUT2D eigenvalue weighted by molar-refractivity contribution is 0.221. The van der Waals surface area contributed by atoms with Gasteiger partial charge in [0.25, 0.3) is 0 Å². The molecule has 0 amide bonds. The zero-order valence-electron chi connectivity index (χ0n) is 13.4. The van der Waals surface area contributed by atoms with Crippen molar-refractivity contribution in [2.45, 2.75) is 25.8 Å². The summed E-state index contributed by atoms with van der Waals surface area (Å²) in [5.74, 6) is 0. The third-order valence-electron chi connectivity index (χ3n) is 4.41. The number of hydrogen-bond acceptors (Lipinski definition) is 3. The molecule has 1 saturated heterocycles. The van der Waals surface area contributed by atoms with Crippen molar-refractivity contribution in [3.63, 3.8) is 0 Å². The van der Waals surface area contributed by atoms with Crippen LogP contribution in [0.15, 0.2) is 54.6 Å². The second kappa shape index (κ2) is 7.34. The molecule has 0 bridgehead atoms. The maximum absolute atomic E-state index is 8.26. The van der Waals surface area contributed by atoms with Crippen molar-refractivity contribution in [3.05, 3.63) is 71.3 Å². The third-order valence-corrected chi connectivity index (χ3v) is 4.41. The van der Waals surface area contributed by atoms with E-state index in [0.717, 1.165) is 17.7 Å². The molecule has 0 aromatic heterocycles. The predicted octanol–water partition coefficient (Wildman–Crippen LogP) is 4.11. The van der Waals surface area contributed by atoms with E-state index in [9.17, 15) is 0 Å². The predicted molar refractivity (Wildman–Crippen MR) is 95.7 cm³/mol. The highest BCUT2D eigenvalue weighted by atomic mass is 15.1. The van der Waals surface area contributed by atoms with Crippen LogP contribution in [0.1, 0.15) is 36.0 Å². The minimum atomic E-state index is 0.273. The maximum Gasteiger partial charge on any atom is 0.0867 e. The third kappa shape index (κ3) is 3.93. The van der Waals surface area contributed by atoms with Crippen molar-refractivity contribution in [3.8, 4) is 0 Å². The molecule has 0 atom stereocenters. The number of benzene rings is 2. The van der Waals surface area contributed by atoms with Gasteiger partial charge in [0.05, 0.1) is 11.4 Å². The van der Waals surface area contributed by atoms with E-state index in [1.54, 1.807) is 0 Å². The normalized spacial score (nSPS) is 15.3. The van der Waals surface area contributed by atoms with Crippen molar-refractivity contribution >= 4 is 11.4 Å².